The average Bonchev–Trinajstić information content (AvgIpc) is 2.87. The lowest BCUT2D eigenvalue weighted by atomic mass is 10.1. The first kappa shape index (κ1) is 14.8. The number of nitrogens with one attached hydrogen (secondary N) is 1. The normalized spacial score (nSPS) is 10.7. The van der Waals surface area contributed by atoms with Crippen LogP contribution in [0.15, 0.2) is 48.7 Å². The summed E-state index contributed by atoms with van der Waals surface area (Å²) in [4.78, 5) is 23.1. The molecule has 0 saturated heterocycles. The Labute approximate surface area is 132 Å². The fraction of sp³-hybridized carbons (Fsp3) is 0.118. The molecule has 0 bridgehead atoms. The summed E-state index contributed by atoms with van der Waals surface area (Å²) in [7, 11) is 1.87. The Balaban J connectivity index is 1.99. The van der Waals surface area contributed by atoms with Crippen molar-refractivity contribution in [2.24, 2.45) is 7.05 Å². The van der Waals surface area contributed by atoms with Crippen molar-refractivity contribution in [2.45, 2.75) is 6.92 Å². The number of para-hydroxylation sites is 1. The van der Waals surface area contributed by atoms with Gasteiger partial charge in [0.1, 0.15) is 0 Å². The summed E-state index contributed by atoms with van der Waals surface area (Å²) in [6.45, 7) is 1.62. The number of aryl methyl sites for hydroxylation is 1. The third kappa shape index (κ3) is 2.55. The second-order valence-corrected chi connectivity index (χ2v) is 5.33. The number of aromatic nitrogens is 1. The molecular formula is C17H15N3O3. The number of nitro groups is 1. The van der Waals surface area contributed by atoms with Gasteiger partial charge in [0, 0.05) is 30.2 Å². The Bertz CT molecular complexity index is 928. The molecule has 2 aromatic carbocycles. The van der Waals surface area contributed by atoms with Gasteiger partial charge in [-0.3, -0.25) is 14.9 Å². The van der Waals surface area contributed by atoms with Crippen LogP contribution in [-0.4, -0.2) is 15.4 Å². The molecule has 1 aromatic heterocycles. The highest BCUT2D eigenvalue weighted by atomic mass is 16.6. The van der Waals surface area contributed by atoms with Gasteiger partial charge < -0.3 is 9.88 Å². The third-order valence-corrected chi connectivity index (χ3v) is 3.89. The highest BCUT2D eigenvalue weighted by molar-refractivity contribution is 6.13. The van der Waals surface area contributed by atoms with Crippen molar-refractivity contribution in [2.75, 3.05) is 5.32 Å². The van der Waals surface area contributed by atoms with E-state index in [1.807, 2.05) is 35.9 Å². The molecule has 0 atom stereocenters. The van der Waals surface area contributed by atoms with Crippen LogP contribution in [-0.2, 0) is 7.05 Å². The standard InChI is InChI=1S/C17H15N3O3/c1-11-14(7-5-9-15(11)20(22)23)18-17(21)13-10-19(2)16-8-4-3-6-12(13)16/h3-10H,1-2H3,(H,18,21). The van der Waals surface area contributed by atoms with E-state index in [1.54, 1.807) is 25.3 Å². The van der Waals surface area contributed by atoms with E-state index in [4.69, 9.17) is 0 Å². The zero-order valence-electron chi connectivity index (χ0n) is 12.7. The molecule has 6 nitrogen and oxygen atoms in total. The van der Waals surface area contributed by atoms with Gasteiger partial charge in [-0.05, 0) is 19.1 Å². The minimum atomic E-state index is -0.455. The van der Waals surface area contributed by atoms with Crippen LogP contribution in [0.5, 0.6) is 0 Å². The largest absolute Gasteiger partial charge is 0.350 e. The zero-order valence-corrected chi connectivity index (χ0v) is 12.7. The summed E-state index contributed by atoms with van der Waals surface area (Å²) in [6.07, 6.45) is 1.76. The van der Waals surface area contributed by atoms with Crippen LogP contribution in [0.4, 0.5) is 11.4 Å². The van der Waals surface area contributed by atoms with Crippen molar-refractivity contribution < 1.29 is 9.72 Å². The number of fused-ring (bicyclic) bond motifs is 1. The molecule has 0 saturated carbocycles. The Morgan fingerprint density at radius 2 is 1.91 bits per heavy atom. The molecule has 0 fully saturated rings. The smallest absolute Gasteiger partial charge is 0.274 e. The molecule has 3 rings (SSSR count). The number of rotatable bonds is 3. The molecule has 0 aliphatic carbocycles. The molecule has 0 aliphatic rings. The van der Waals surface area contributed by atoms with Crippen molar-refractivity contribution in [1.82, 2.24) is 4.57 Å². The first-order valence-corrected chi connectivity index (χ1v) is 7.08. The SMILES string of the molecule is Cc1c(NC(=O)c2cn(C)c3ccccc23)cccc1[N+](=O)[O-]. The minimum Gasteiger partial charge on any atom is -0.350 e. The van der Waals surface area contributed by atoms with Crippen molar-refractivity contribution in [3.63, 3.8) is 0 Å². The minimum absolute atomic E-state index is 0.0132. The van der Waals surface area contributed by atoms with E-state index in [1.165, 1.54) is 6.07 Å². The van der Waals surface area contributed by atoms with Crippen LogP contribution in [0.3, 0.4) is 0 Å². The molecule has 3 aromatic rings. The molecule has 1 N–H and O–H groups in total. The van der Waals surface area contributed by atoms with Gasteiger partial charge >= 0.3 is 0 Å². The number of hydrogen-bond acceptors (Lipinski definition) is 3. The third-order valence-electron chi connectivity index (χ3n) is 3.89. The molecule has 6 heteroatoms. The van der Waals surface area contributed by atoms with Gasteiger partial charge in [-0.15, -0.1) is 0 Å². The maximum atomic E-state index is 12.6. The Kier molecular flexibility index (Phi) is 3.57. The van der Waals surface area contributed by atoms with Crippen LogP contribution in [0.25, 0.3) is 10.9 Å². The van der Waals surface area contributed by atoms with E-state index in [0.717, 1.165) is 10.9 Å². The maximum Gasteiger partial charge on any atom is 0.274 e. The molecule has 0 aliphatic heterocycles. The fourth-order valence-corrected chi connectivity index (χ4v) is 2.67. The second-order valence-electron chi connectivity index (χ2n) is 5.33. The van der Waals surface area contributed by atoms with Gasteiger partial charge in [0.25, 0.3) is 11.6 Å². The number of anilines is 1. The molecular weight excluding hydrogens is 294 g/mol. The lowest BCUT2D eigenvalue weighted by Gasteiger charge is -2.08. The van der Waals surface area contributed by atoms with Gasteiger partial charge in [0.05, 0.1) is 21.7 Å². The van der Waals surface area contributed by atoms with Crippen LogP contribution >= 0.6 is 0 Å². The van der Waals surface area contributed by atoms with Crippen molar-refractivity contribution in [1.29, 1.82) is 0 Å². The lowest BCUT2D eigenvalue weighted by Crippen LogP contribution is -2.13. The molecule has 116 valence electrons. The Hall–Kier alpha value is -3.15. The van der Waals surface area contributed by atoms with Crippen LogP contribution in [0.2, 0.25) is 0 Å². The van der Waals surface area contributed by atoms with Crippen molar-refractivity contribution in [3.8, 4) is 0 Å². The van der Waals surface area contributed by atoms with Gasteiger partial charge in [-0.25, -0.2) is 0 Å². The predicted octanol–water partition coefficient (Wildman–Crippen LogP) is 3.65. The van der Waals surface area contributed by atoms with E-state index in [9.17, 15) is 14.9 Å². The van der Waals surface area contributed by atoms with E-state index in [2.05, 4.69) is 5.32 Å². The van der Waals surface area contributed by atoms with Crippen LogP contribution in [0.1, 0.15) is 15.9 Å². The summed E-state index contributed by atoms with van der Waals surface area (Å²) in [5, 5.41) is 14.6. The van der Waals surface area contributed by atoms with Crippen molar-refractivity contribution >= 4 is 28.2 Å². The lowest BCUT2D eigenvalue weighted by molar-refractivity contribution is -0.385. The van der Waals surface area contributed by atoms with Crippen LogP contribution < -0.4 is 5.32 Å². The van der Waals surface area contributed by atoms with E-state index in [-0.39, 0.29) is 11.6 Å². The summed E-state index contributed by atoms with van der Waals surface area (Å²) in [5.74, 6) is -0.287. The Morgan fingerprint density at radius 1 is 1.17 bits per heavy atom. The highest BCUT2D eigenvalue weighted by Gasteiger charge is 2.18. The predicted molar refractivity (Wildman–Crippen MR) is 88.7 cm³/mol. The number of nitrogens with zero attached hydrogens (tertiary/aromatic N) is 2. The first-order chi connectivity index (χ1) is 11.0. The van der Waals surface area contributed by atoms with Crippen LogP contribution in [0, 0.1) is 17.0 Å². The average molecular weight is 309 g/mol. The van der Waals surface area contributed by atoms with Gasteiger partial charge in [-0.2, -0.15) is 0 Å². The van der Waals surface area contributed by atoms with E-state index < -0.39 is 4.92 Å². The monoisotopic (exact) mass is 309 g/mol. The first-order valence-electron chi connectivity index (χ1n) is 7.08. The molecule has 0 spiro atoms. The quantitative estimate of drug-likeness (QED) is 0.592. The number of amides is 1. The summed E-state index contributed by atoms with van der Waals surface area (Å²) in [5.41, 5.74) is 2.35. The fourth-order valence-electron chi connectivity index (χ4n) is 2.67. The van der Waals surface area contributed by atoms with E-state index >= 15 is 0 Å². The number of hydrogen-bond donors (Lipinski definition) is 1. The summed E-state index contributed by atoms with van der Waals surface area (Å²) in [6, 6.07) is 12.2. The topological polar surface area (TPSA) is 77.2 Å². The molecule has 1 amide bonds. The summed E-state index contributed by atoms with van der Waals surface area (Å²) < 4.78 is 1.88. The summed E-state index contributed by atoms with van der Waals surface area (Å²) >= 11 is 0. The Morgan fingerprint density at radius 3 is 2.65 bits per heavy atom. The number of nitro benzene ring substituents is 1. The second kappa shape index (κ2) is 5.57. The van der Waals surface area contributed by atoms with Crippen molar-refractivity contribution in [3.05, 3.63) is 69.9 Å². The molecule has 0 unspecified atom stereocenters. The van der Waals surface area contributed by atoms with Gasteiger partial charge in [0.15, 0.2) is 0 Å². The van der Waals surface area contributed by atoms with E-state index in [0.29, 0.717) is 16.8 Å². The van der Waals surface area contributed by atoms with Gasteiger partial charge in [-0.1, -0.05) is 24.3 Å². The molecule has 23 heavy (non-hydrogen) atoms. The van der Waals surface area contributed by atoms with Gasteiger partial charge in [0.2, 0.25) is 0 Å². The number of benzene rings is 2. The highest BCUT2D eigenvalue weighted by Crippen LogP contribution is 2.27. The maximum absolute atomic E-state index is 12.6. The zero-order chi connectivity index (χ0) is 16.6. The molecule has 1 heterocycles. The molecule has 0 radical (unpaired) electrons. The number of carbonyl (C=O) groups is 1. The number of carbonyl (C=O) groups excluding carboxylic acids is 1.